The van der Waals surface area contributed by atoms with Crippen LogP contribution in [0.25, 0.3) is 0 Å². The van der Waals surface area contributed by atoms with Gasteiger partial charge in [-0.15, -0.1) is 0 Å². The Kier molecular flexibility index (Phi) is 3.90. The fourth-order valence-corrected chi connectivity index (χ4v) is 2.83. The smallest absolute Gasteiger partial charge is 0.330 e. The van der Waals surface area contributed by atoms with Gasteiger partial charge in [0.2, 0.25) is 0 Å². The molecule has 0 aromatic carbocycles. The van der Waals surface area contributed by atoms with Crippen LogP contribution in [0.1, 0.15) is 11.8 Å². The van der Waals surface area contributed by atoms with Crippen LogP contribution in [0.5, 0.6) is 0 Å². The van der Waals surface area contributed by atoms with Crippen molar-refractivity contribution in [3.05, 3.63) is 32.6 Å². The fraction of sp³-hybridized carbons (Fsp3) is 0.600. The highest BCUT2D eigenvalue weighted by molar-refractivity contribution is 14.1. The third-order valence-electron chi connectivity index (χ3n) is 2.89. The lowest BCUT2D eigenvalue weighted by atomic mass is 10.2. The number of rotatable bonds is 2. The predicted molar refractivity (Wildman–Crippen MR) is 70.9 cm³/mol. The summed E-state index contributed by atoms with van der Waals surface area (Å²) in [5, 5.41) is 18.9. The first kappa shape index (κ1) is 13.7. The van der Waals surface area contributed by atoms with Gasteiger partial charge in [0.1, 0.15) is 6.10 Å². The average Bonchev–Trinajstić information content (AvgIpc) is 2.61. The molecule has 7 nitrogen and oxygen atoms in total. The van der Waals surface area contributed by atoms with Crippen molar-refractivity contribution in [2.75, 3.05) is 6.61 Å². The SMILES string of the molecule is Cc1cn(C2OC(CO)C(O)C2I)c(=O)[nH]c1=O. The Hall–Kier alpha value is -0.710. The molecule has 2 heterocycles. The molecule has 1 aromatic rings. The number of aryl methyl sites for hydroxylation is 1. The normalized spacial score (nSPS) is 31.8. The number of halogens is 1. The van der Waals surface area contributed by atoms with Gasteiger partial charge in [-0.3, -0.25) is 14.3 Å². The fourth-order valence-electron chi connectivity index (χ4n) is 1.85. The van der Waals surface area contributed by atoms with Crippen LogP contribution in [0.3, 0.4) is 0 Å². The largest absolute Gasteiger partial charge is 0.394 e. The first-order valence-electron chi connectivity index (χ1n) is 5.36. The van der Waals surface area contributed by atoms with Crippen molar-refractivity contribution in [1.82, 2.24) is 9.55 Å². The molecule has 1 saturated heterocycles. The van der Waals surface area contributed by atoms with Gasteiger partial charge in [-0.25, -0.2) is 4.79 Å². The van der Waals surface area contributed by atoms with E-state index in [2.05, 4.69) is 4.98 Å². The molecule has 1 fully saturated rings. The van der Waals surface area contributed by atoms with Crippen molar-refractivity contribution in [1.29, 1.82) is 0 Å². The monoisotopic (exact) mass is 368 g/mol. The van der Waals surface area contributed by atoms with Gasteiger partial charge in [0.05, 0.1) is 16.6 Å². The van der Waals surface area contributed by atoms with Crippen LogP contribution in [0.15, 0.2) is 15.8 Å². The van der Waals surface area contributed by atoms with Crippen LogP contribution < -0.4 is 11.2 Å². The topological polar surface area (TPSA) is 105 Å². The molecule has 1 aromatic heterocycles. The molecular weight excluding hydrogens is 355 g/mol. The molecule has 0 radical (unpaired) electrons. The Labute approximate surface area is 116 Å². The lowest BCUT2D eigenvalue weighted by molar-refractivity contribution is -0.0456. The Morgan fingerprint density at radius 3 is 2.78 bits per heavy atom. The quantitative estimate of drug-likeness (QED) is 0.454. The highest BCUT2D eigenvalue weighted by Crippen LogP contribution is 2.33. The average molecular weight is 368 g/mol. The molecule has 1 aliphatic rings. The third-order valence-corrected chi connectivity index (χ3v) is 4.25. The zero-order valence-corrected chi connectivity index (χ0v) is 11.7. The summed E-state index contributed by atoms with van der Waals surface area (Å²) in [4.78, 5) is 25.2. The number of hydrogen-bond donors (Lipinski definition) is 3. The van der Waals surface area contributed by atoms with E-state index in [1.807, 2.05) is 22.6 Å². The van der Waals surface area contributed by atoms with Gasteiger partial charge < -0.3 is 14.9 Å². The zero-order valence-electron chi connectivity index (χ0n) is 9.54. The van der Waals surface area contributed by atoms with Crippen LogP contribution >= 0.6 is 22.6 Å². The number of aliphatic hydroxyl groups excluding tert-OH is 2. The minimum atomic E-state index is -0.861. The number of nitrogens with zero attached hydrogens (tertiary/aromatic N) is 1. The third kappa shape index (κ3) is 2.25. The molecule has 0 spiro atoms. The van der Waals surface area contributed by atoms with E-state index < -0.39 is 29.7 Å². The molecular formula is C10H13IN2O5. The lowest BCUT2D eigenvalue weighted by Gasteiger charge is -2.17. The number of aromatic amines is 1. The van der Waals surface area contributed by atoms with Crippen molar-refractivity contribution in [2.45, 2.75) is 29.3 Å². The Morgan fingerprint density at radius 2 is 2.22 bits per heavy atom. The molecule has 8 heteroatoms. The van der Waals surface area contributed by atoms with Gasteiger partial charge in [0.25, 0.3) is 5.56 Å². The number of H-pyrrole nitrogens is 1. The van der Waals surface area contributed by atoms with E-state index in [1.165, 1.54) is 10.8 Å². The minimum Gasteiger partial charge on any atom is -0.394 e. The van der Waals surface area contributed by atoms with E-state index in [-0.39, 0.29) is 10.5 Å². The van der Waals surface area contributed by atoms with Gasteiger partial charge in [-0.1, -0.05) is 22.6 Å². The summed E-state index contributed by atoms with van der Waals surface area (Å²) < 4.78 is 6.27. The summed E-state index contributed by atoms with van der Waals surface area (Å²) >= 11 is 1.96. The molecule has 4 atom stereocenters. The second kappa shape index (κ2) is 5.11. The summed E-state index contributed by atoms with van der Waals surface area (Å²) in [5.74, 6) is 0. The zero-order chi connectivity index (χ0) is 13.4. The van der Waals surface area contributed by atoms with Crippen molar-refractivity contribution >= 4 is 22.6 Å². The van der Waals surface area contributed by atoms with Crippen molar-refractivity contribution in [3.63, 3.8) is 0 Å². The maximum absolute atomic E-state index is 11.7. The van der Waals surface area contributed by atoms with Gasteiger partial charge in [0, 0.05) is 11.8 Å². The van der Waals surface area contributed by atoms with Crippen molar-refractivity contribution in [3.8, 4) is 0 Å². The van der Waals surface area contributed by atoms with E-state index in [4.69, 9.17) is 9.84 Å². The maximum atomic E-state index is 11.7. The summed E-state index contributed by atoms with van der Waals surface area (Å²) in [6.07, 6.45) is -0.902. The Bertz CT molecular complexity index is 554. The van der Waals surface area contributed by atoms with Gasteiger partial charge in [-0.2, -0.15) is 0 Å². The second-order valence-corrected chi connectivity index (χ2v) is 5.60. The van der Waals surface area contributed by atoms with Crippen molar-refractivity contribution < 1.29 is 14.9 Å². The van der Waals surface area contributed by atoms with E-state index in [0.717, 1.165) is 0 Å². The molecule has 0 saturated carbocycles. The number of aliphatic hydroxyl groups is 2. The minimum absolute atomic E-state index is 0.325. The molecule has 18 heavy (non-hydrogen) atoms. The highest BCUT2D eigenvalue weighted by atomic mass is 127. The number of nitrogens with one attached hydrogen (secondary N) is 1. The number of alkyl halides is 1. The summed E-state index contributed by atoms with van der Waals surface area (Å²) in [6, 6.07) is 0. The molecule has 4 unspecified atom stereocenters. The van der Waals surface area contributed by atoms with Crippen LogP contribution in [0.4, 0.5) is 0 Å². The molecule has 0 aliphatic carbocycles. The van der Waals surface area contributed by atoms with E-state index in [9.17, 15) is 14.7 Å². The van der Waals surface area contributed by atoms with Gasteiger partial charge >= 0.3 is 5.69 Å². The van der Waals surface area contributed by atoms with Crippen LogP contribution in [0.2, 0.25) is 0 Å². The van der Waals surface area contributed by atoms with Crippen LogP contribution in [-0.4, -0.2) is 42.5 Å². The molecule has 0 bridgehead atoms. The van der Waals surface area contributed by atoms with Crippen molar-refractivity contribution in [2.24, 2.45) is 0 Å². The second-order valence-electron chi connectivity index (χ2n) is 4.16. The maximum Gasteiger partial charge on any atom is 0.330 e. The van der Waals surface area contributed by atoms with E-state index >= 15 is 0 Å². The Morgan fingerprint density at radius 1 is 1.56 bits per heavy atom. The lowest BCUT2D eigenvalue weighted by Crippen LogP contribution is -2.36. The van der Waals surface area contributed by atoms with E-state index in [1.54, 1.807) is 6.92 Å². The first-order chi connectivity index (χ1) is 8.45. The molecule has 3 N–H and O–H groups in total. The highest BCUT2D eigenvalue weighted by Gasteiger charge is 2.43. The number of aromatic nitrogens is 2. The molecule has 1 aliphatic heterocycles. The number of hydrogen-bond acceptors (Lipinski definition) is 5. The molecule has 2 rings (SSSR count). The first-order valence-corrected chi connectivity index (χ1v) is 6.60. The van der Waals surface area contributed by atoms with E-state index in [0.29, 0.717) is 5.56 Å². The molecule has 0 amide bonds. The summed E-state index contributed by atoms with van der Waals surface area (Å²) in [6.45, 7) is 1.25. The molecule has 100 valence electrons. The standard InChI is InChI=1S/C10H13IN2O5/c1-4-2-13(10(17)12-8(4)16)9-6(11)7(15)5(3-14)18-9/h2,5-7,9,14-15H,3H2,1H3,(H,12,16,17). The Balaban J connectivity index is 2.42. The predicted octanol–water partition coefficient (Wildman–Crippen LogP) is -1.10. The van der Waals surface area contributed by atoms with Gasteiger partial charge in [0.15, 0.2) is 6.23 Å². The van der Waals surface area contributed by atoms with Gasteiger partial charge in [-0.05, 0) is 6.92 Å². The van der Waals surface area contributed by atoms with Crippen LogP contribution in [0, 0.1) is 6.92 Å². The van der Waals surface area contributed by atoms with Crippen LogP contribution in [-0.2, 0) is 4.74 Å². The summed E-state index contributed by atoms with van der Waals surface area (Å²) in [7, 11) is 0. The summed E-state index contributed by atoms with van der Waals surface area (Å²) in [5.41, 5.74) is -0.662. The number of ether oxygens (including phenoxy) is 1.